The van der Waals surface area contributed by atoms with Crippen molar-refractivity contribution in [3.8, 4) is 27.9 Å². The Morgan fingerprint density at radius 2 is 1.28 bits per heavy atom. The lowest BCUT2D eigenvalue weighted by molar-refractivity contribution is 0.773. The van der Waals surface area contributed by atoms with Crippen molar-refractivity contribution in [2.24, 2.45) is 0 Å². The van der Waals surface area contributed by atoms with E-state index >= 15 is 0 Å². The maximum atomic E-state index is 3.86. The largest absolute Gasteiger partial charge is 0.357 e. The normalized spacial score (nSPS) is 16.7. The molecular formula is C40H26N2S. The van der Waals surface area contributed by atoms with Crippen LogP contribution in [0, 0.1) is 0 Å². The third-order valence-electron chi connectivity index (χ3n) is 9.51. The van der Waals surface area contributed by atoms with Gasteiger partial charge in [-0.2, -0.15) is 0 Å². The van der Waals surface area contributed by atoms with Crippen LogP contribution < -0.4 is 0 Å². The van der Waals surface area contributed by atoms with Gasteiger partial charge in [0.25, 0.3) is 0 Å². The smallest absolute Gasteiger partial charge is 0.0611 e. The van der Waals surface area contributed by atoms with Crippen molar-refractivity contribution in [3.05, 3.63) is 156 Å². The molecule has 0 amide bonds. The van der Waals surface area contributed by atoms with E-state index in [1.54, 1.807) is 0 Å². The van der Waals surface area contributed by atoms with Crippen LogP contribution in [0.2, 0.25) is 0 Å². The third-order valence-corrected chi connectivity index (χ3v) is 10.9. The van der Waals surface area contributed by atoms with Gasteiger partial charge in [-0.25, -0.2) is 0 Å². The lowest BCUT2D eigenvalue weighted by Crippen LogP contribution is -2.12. The Labute approximate surface area is 253 Å². The number of hydrogen-bond donors (Lipinski definition) is 1. The molecule has 0 saturated heterocycles. The summed E-state index contributed by atoms with van der Waals surface area (Å²) in [5, 5.41) is 4.27. The molecule has 0 radical (unpaired) electrons. The maximum absolute atomic E-state index is 3.86. The number of aromatic nitrogens is 2. The zero-order chi connectivity index (χ0) is 28.1. The number of hydrogen-bond acceptors (Lipinski definition) is 1. The second-order valence-electron chi connectivity index (χ2n) is 11.7. The summed E-state index contributed by atoms with van der Waals surface area (Å²) in [5.41, 5.74) is 14.4. The van der Waals surface area contributed by atoms with Gasteiger partial charge in [0.15, 0.2) is 0 Å². The topological polar surface area (TPSA) is 20.7 Å². The van der Waals surface area contributed by atoms with Gasteiger partial charge >= 0.3 is 0 Å². The molecule has 43 heavy (non-hydrogen) atoms. The summed E-state index contributed by atoms with van der Waals surface area (Å²) in [6, 6.07) is 51.3. The molecule has 3 heterocycles. The van der Waals surface area contributed by atoms with Gasteiger partial charge in [0.2, 0.25) is 0 Å². The quantitative estimate of drug-likeness (QED) is 0.221. The Hall–Kier alpha value is -4.99. The first kappa shape index (κ1) is 23.6. The summed E-state index contributed by atoms with van der Waals surface area (Å²) in [6.45, 7) is 0. The van der Waals surface area contributed by atoms with E-state index in [0.29, 0.717) is 11.2 Å². The van der Waals surface area contributed by atoms with Crippen molar-refractivity contribution < 1.29 is 0 Å². The molecule has 1 aliphatic heterocycles. The molecule has 0 spiro atoms. The molecule has 2 aliphatic rings. The zero-order valence-electron chi connectivity index (χ0n) is 23.3. The Bertz CT molecular complexity index is 2380. The van der Waals surface area contributed by atoms with Gasteiger partial charge in [-0.1, -0.05) is 103 Å². The Balaban J connectivity index is 1.19. The first-order valence-electron chi connectivity index (χ1n) is 14.9. The number of fused-ring (bicyclic) bond motifs is 13. The van der Waals surface area contributed by atoms with Gasteiger partial charge in [0.1, 0.15) is 0 Å². The van der Waals surface area contributed by atoms with Gasteiger partial charge in [0.05, 0.1) is 16.3 Å². The molecule has 1 aliphatic carbocycles. The lowest BCUT2D eigenvalue weighted by Gasteiger charge is -2.28. The van der Waals surface area contributed by atoms with Crippen LogP contribution in [0.1, 0.15) is 28.0 Å². The van der Waals surface area contributed by atoms with Crippen molar-refractivity contribution in [2.75, 3.05) is 0 Å². The minimum atomic E-state index is 0.313. The number of rotatable bonds is 2. The van der Waals surface area contributed by atoms with E-state index < -0.39 is 0 Å². The van der Waals surface area contributed by atoms with E-state index in [0.717, 1.165) is 0 Å². The van der Waals surface area contributed by atoms with Crippen LogP contribution >= 0.6 is 11.8 Å². The summed E-state index contributed by atoms with van der Waals surface area (Å²) >= 11 is 2.03. The number of para-hydroxylation sites is 2. The van der Waals surface area contributed by atoms with Crippen LogP contribution in [-0.4, -0.2) is 9.55 Å². The third kappa shape index (κ3) is 3.26. The predicted molar refractivity (Wildman–Crippen MR) is 180 cm³/mol. The second kappa shape index (κ2) is 8.76. The molecule has 10 rings (SSSR count). The molecule has 8 aromatic rings. The van der Waals surface area contributed by atoms with Crippen LogP contribution in [0.15, 0.2) is 144 Å². The molecule has 0 saturated carbocycles. The van der Waals surface area contributed by atoms with E-state index in [4.69, 9.17) is 0 Å². The zero-order valence-corrected chi connectivity index (χ0v) is 24.1. The highest BCUT2D eigenvalue weighted by Crippen LogP contribution is 2.63. The molecule has 0 bridgehead atoms. The Kier molecular flexibility index (Phi) is 4.80. The summed E-state index contributed by atoms with van der Waals surface area (Å²) in [6.07, 6.45) is 0. The van der Waals surface area contributed by atoms with Crippen LogP contribution in [0.25, 0.3) is 60.6 Å². The SMILES string of the molecule is c1ccc(-c2ccc(-n3c4ccccc4c4cc5c(cc43)SC3c4[nH]c6ccccc6c4-c4ccccc4C53)cc2)cc1. The Morgan fingerprint density at radius 1 is 0.558 bits per heavy atom. The fourth-order valence-electron chi connectivity index (χ4n) is 7.66. The van der Waals surface area contributed by atoms with Gasteiger partial charge in [-0.05, 0) is 64.2 Å². The average Bonchev–Trinajstić information content (AvgIpc) is 3.74. The molecule has 2 unspecified atom stereocenters. The molecule has 2 aromatic heterocycles. The van der Waals surface area contributed by atoms with E-state index in [1.165, 1.54) is 82.4 Å². The van der Waals surface area contributed by atoms with Crippen molar-refractivity contribution >= 4 is 44.5 Å². The second-order valence-corrected chi connectivity index (χ2v) is 12.9. The fourth-order valence-corrected chi connectivity index (χ4v) is 9.16. The van der Waals surface area contributed by atoms with Crippen LogP contribution in [0.3, 0.4) is 0 Å². The van der Waals surface area contributed by atoms with Crippen molar-refractivity contribution in [1.29, 1.82) is 0 Å². The van der Waals surface area contributed by atoms with Gasteiger partial charge in [0, 0.05) is 49.4 Å². The lowest BCUT2D eigenvalue weighted by atomic mass is 9.77. The first-order valence-corrected chi connectivity index (χ1v) is 15.8. The fraction of sp³-hybridized carbons (Fsp3) is 0.0500. The minimum Gasteiger partial charge on any atom is -0.357 e. The van der Waals surface area contributed by atoms with E-state index in [9.17, 15) is 0 Å². The monoisotopic (exact) mass is 566 g/mol. The number of nitrogens with one attached hydrogen (secondary N) is 1. The molecule has 202 valence electrons. The summed E-state index contributed by atoms with van der Waals surface area (Å²) < 4.78 is 2.45. The maximum Gasteiger partial charge on any atom is 0.0611 e. The van der Waals surface area contributed by atoms with Crippen LogP contribution in [0.4, 0.5) is 0 Å². The molecule has 6 aromatic carbocycles. The number of H-pyrrole nitrogens is 1. The van der Waals surface area contributed by atoms with E-state index in [2.05, 4.69) is 149 Å². The number of benzene rings is 6. The number of aromatic amines is 1. The molecule has 1 N–H and O–H groups in total. The average molecular weight is 567 g/mol. The van der Waals surface area contributed by atoms with Crippen LogP contribution in [0.5, 0.6) is 0 Å². The summed E-state index contributed by atoms with van der Waals surface area (Å²) in [4.78, 5) is 5.24. The molecule has 2 nitrogen and oxygen atoms in total. The highest BCUT2D eigenvalue weighted by Gasteiger charge is 2.43. The van der Waals surface area contributed by atoms with Gasteiger partial charge in [-0.3, -0.25) is 0 Å². The highest BCUT2D eigenvalue weighted by atomic mass is 32.2. The first-order chi connectivity index (χ1) is 21.3. The van der Waals surface area contributed by atoms with Gasteiger partial charge < -0.3 is 9.55 Å². The molecular weight excluding hydrogens is 541 g/mol. The van der Waals surface area contributed by atoms with Crippen molar-refractivity contribution in [1.82, 2.24) is 9.55 Å². The van der Waals surface area contributed by atoms with Gasteiger partial charge in [-0.15, -0.1) is 11.8 Å². The van der Waals surface area contributed by atoms with E-state index in [-0.39, 0.29) is 0 Å². The highest BCUT2D eigenvalue weighted by molar-refractivity contribution is 8.00. The standard InChI is InChI=1S/C40H26N2S/c1-2-10-24(11-3-1)25-18-20-26(21-19-25)42-34-17-9-7-12-27(34)31-22-32-36(23-35(31)42)43-40-38(32)29-14-5-4-13-28(29)37-30-15-6-8-16-33(30)41-39(37)40/h1-23,38,40-41H. The van der Waals surface area contributed by atoms with E-state index in [1.807, 2.05) is 11.8 Å². The van der Waals surface area contributed by atoms with Crippen molar-refractivity contribution in [2.45, 2.75) is 16.1 Å². The Morgan fingerprint density at radius 3 is 2.16 bits per heavy atom. The summed E-state index contributed by atoms with van der Waals surface area (Å²) in [5.74, 6) is 0.313. The van der Waals surface area contributed by atoms with Crippen LogP contribution in [-0.2, 0) is 0 Å². The molecule has 3 heteroatoms. The number of thioether (sulfide) groups is 1. The predicted octanol–water partition coefficient (Wildman–Crippen LogP) is 10.9. The van der Waals surface area contributed by atoms with Crippen molar-refractivity contribution in [3.63, 3.8) is 0 Å². The molecule has 0 fully saturated rings. The summed E-state index contributed by atoms with van der Waals surface area (Å²) in [7, 11) is 0. The molecule has 2 atom stereocenters. The minimum absolute atomic E-state index is 0.313. The number of nitrogens with zero attached hydrogens (tertiary/aromatic N) is 1.